The number of hydrogen-bond donors (Lipinski definition) is 0. The van der Waals surface area contributed by atoms with Crippen LogP contribution in [0.1, 0.15) is 5.56 Å². The van der Waals surface area contributed by atoms with Gasteiger partial charge in [0.25, 0.3) is 0 Å². The number of rotatable bonds is 3. The van der Waals surface area contributed by atoms with Crippen molar-refractivity contribution in [3.8, 4) is 0 Å². The van der Waals surface area contributed by atoms with Crippen molar-refractivity contribution in [3.05, 3.63) is 35.9 Å². The van der Waals surface area contributed by atoms with Crippen molar-refractivity contribution in [2.45, 2.75) is 3.79 Å². The van der Waals surface area contributed by atoms with Crippen LogP contribution in [0.15, 0.2) is 30.3 Å². The molecule has 1 aromatic carbocycles. The maximum atomic E-state index is 5.24. The van der Waals surface area contributed by atoms with Gasteiger partial charge >= 0.3 is 0 Å². The highest BCUT2D eigenvalue weighted by Crippen LogP contribution is 2.32. The van der Waals surface area contributed by atoms with E-state index in [4.69, 9.17) is 9.47 Å². The van der Waals surface area contributed by atoms with E-state index in [2.05, 4.69) is 22.6 Å². The lowest BCUT2D eigenvalue weighted by Gasteiger charge is -2.24. The van der Waals surface area contributed by atoms with Gasteiger partial charge in [0.2, 0.25) is 3.79 Å². The van der Waals surface area contributed by atoms with Crippen LogP contribution in [0.5, 0.6) is 0 Å². The lowest BCUT2D eigenvalue weighted by atomic mass is 10.2. The topological polar surface area (TPSA) is 18.5 Å². The van der Waals surface area contributed by atoms with E-state index in [1.165, 1.54) is 0 Å². The van der Waals surface area contributed by atoms with Gasteiger partial charge in [-0.3, -0.25) is 0 Å². The molecule has 0 radical (unpaired) electrons. The lowest BCUT2D eigenvalue weighted by Crippen LogP contribution is -2.22. The third-order valence-corrected chi connectivity index (χ3v) is 3.15. The van der Waals surface area contributed by atoms with Crippen molar-refractivity contribution < 1.29 is 9.47 Å². The van der Waals surface area contributed by atoms with Crippen LogP contribution in [0.2, 0.25) is 0 Å². The molecule has 0 unspecified atom stereocenters. The van der Waals surface area contributed by atoms with Gasteiger partial charge in [-0.25, -0.2) is 0 Å². The van der Waals surface area contributed by atoms with Crippen LogP contribution in [-0.2, 0) is 13.3 Å². The van der Waals surface area contributed by atoms with E-state index in [9.17, 15) is 0 Å². The molecular weight excluding hydrogens is 267 g/mol. The van der Waals surface area contributed by atoms with Crippen molar-refractivity contribution in [1.82, 2.24) is 0 Å². The van der Waals surface area contributed by atoms with Crippen LogP contribution in [0.25, 0.3) is 0 Å². The molecule has 2 nitrogen and oxygen atoms in total. The van der Waals surface area contributed by atoms with Gasteiger partial charge in [-0.2, -0.15) is 0 Å². The normalized spacial score (nSPS) is 11.6. The monoisotopic (exact) mass is 278 g/mol. The van der Waals surface area contributed by atoms with Gasteiger partial charge in [0, 0.05) is 19.8 Å². The Balaban J connectivity index is 2.95. The zero-order chi connectivity index (χ0) is 9.03. The number of hydrogen-bond acceptors (Lipinski definition) is 2. The molecular formula is C9H11IO2. The molecule has 0 heterocycles. The van der Waals surface area contributed by atoms with Gasteiger partial charge in [0.15, 0.2) is 0 Å². The van der Waals surface area contributed by atoms with E-state index in [0.717, 1.165) is 5.56 Å². The number of halogens is 1. The first-order valence-corrected chi connectivity index (χ1v) is 4.65. The van der Waals surface area contributed by atoms with Gasteiger partial charge in [0.1, 0.15) is 0 Å². The van der Waals surface area contributed by atoms with E-state index in [1.54, 1.807) is 14.2 Å². The summed E-state index contributed by atoms with van der Waals surface area (Å²) < 4.78 is 9.82. The minimum absolute atomic E-state index is 0.654. The van der Waals surface area contributed by atoms with Gasteiger partial charge in [-0.05, 0) is 22.6 Å². The molecule has 0 atom stereocenters. The van der Waals surface area contributed by atoms with Crippen molar-refractivity contribution in [1.29, 1.82) is 0 Å². The van der Waals surface area contributed by atoms with Crippen molar-refractivity contribution in [2.24, 2.45) is 0 Å². The van der Waals surface area contributed by atoms with Crippen molar-refractivity contribution in [2.75, 3.05) is 14.2 Å². The van der Waals surface area contributed by atoms with E-state index in [-0.39, 0.29) is 0 Å². The molecule has 0 aliphatic heterocycles. The fraction of sp³-hybridized carbons (Fsp3) is 0.333. The molecule has 0 aromatic heterocycles. The minimum Gasteiger partial charge on any atom is -0.341 e. The number of alkyl halides is 1. The first-order valence-electron chi connectivity index (χ1n) is 3.57. The third kappa shape index (κ3) is 1.97. The fourth-order valence-corrected chi connectivity index (χ4v) is 1.32. The van der Waals surface area contributed by atoms with Crippen LogP contribution in [0, 0.1) is 0 Å². The van der Waals surface area contributed by atoms with E-state index < -0.39 is 3.79 Å². The summed E-state index contributed by atoms with van der Waals surface area (Å²) in [6.45, 7) is 0. The van der Waals surface area contributed by atoms with E-state index in [0.29, 0.717) is 0 Å². The predicted molar refractivity (Wildman–Crippen MR) is 56.2 cm³/mol. The Bertz CT molecular complexity index is 232. The van der Waals surface area contributed by atoms with Gasteiger partial charge in [-0.1, -0.05) is 30.3 Å². The second-order valence-electron chi connectivity index (χ2n) is 2.31. The maximum Gasteiger partial charge on any atom is 0.248 e. The Morgan fingerprint density at radius 1 is 1.08 bits per heavy atom. The molecule has 1 aromatic rings. The highest BCUT2D eigenvalue weighted by Gasteiger charge is 2.27. The molecule has 0 saturated carbocycles. The Hall–Kier alpha value is -0.130. The van der Waals surface area contributed by atoms with Gasteiger partial charge in [0.05, 0.1) is 0 Å². The summed E-state index contributed by atoms with van der Waals surface area (Å²) in [6, 6.07) is 9.83. The van der Waals surface area contributed by atoms with E-state index >= 15 is 0 Å². The highest BCUT2D eigenvalue weighted by molar-refractivity contribution is 14.1. The highest BCUT2D eigenvalue weighted by atomic mass is 127. The zero-order valence-corrected chi connectivity index (χ0v) is 9.24. The summed E-state index contributed by atoms with van der Waals surface area (Å²) in [5, 5.41) is 0. The van der Waals surface area contributed by atoms with Crippen LogP contribution < -0.4 is 0 Å². The Labute approximate surface area is 86.0 Å². The number of methoxy groups -OCH3 is 2. The summed E-state index contributed by atoms with van der Waals surface area (Å²) in [6.07, 6.45) is 0. The molecule has 0 fully saturated rings. The lowest BCUT2D eigenvalue weighted by molar-refractivity contribution is -0.124. The van der Waals surface area contributed by atoms with Gasteiger partial charge in [-0.15, -0.1) is 0 Å². The molecule has 0 aliphatic carbocycles. The van der Waals surface area contributed by atoms with Crippen LogP contribution in [-0.4, -0.2) is 14.2 Å². The van der Waals surface area contributed by atoms with Crippen LogP contribution in [0.4, 0.5) is 0 Å². The van der Waals surface area contributed by atoms with Gasteiger partial charge < -0.3 is 9.47 Å². The third-order valence-electron chi connectivity index (χ3n) is 1.64. The molecule has 0 N–H and O–H groups in total. The second kappa shape index (κ2) is 4.20. The molecule has 66 valence electrons. The minimum atomic E-state index is -0.654. The molecule has 12 heavy (non-hydrogen) atoms. The first-order chi connectivity index (χ1) is 5.73. The average Bonchev–Trinajstić information content (AvgIpc) is 2.18. The number of ether oxygens (including phenoxy) is 2. The summed E-state index contributed by atoms with van der Waals surface area (Å²) in [4.78, 5) is 0. The molecule has 0 aliphatic rings. The molecule has 0 saturated heterocycles. The van der Waals surface area contributed by atoms with Crippen LogP contribution >= 0.6 is 22.6 Å². The summed E-state index contributed by atoms with van der Waals surface area (Å²) in [7, 11) is 3.26. The number of benzene rings is 1. The SMILES string of the molecule is COC(I)(OC)c1ccccc1. The molecule has 0 amide bonds. The average molecular weight is 278 g/mol. The Morgan fingerprint density at radius 3 is 2.00 bits per heavy atom. The fourth-order valence-electron chi connectivity index (χ4n) is 0.956. The standard InChI is InChI=1S/C9H11IO2/c1-11-9(10,12-2)8-6-4-3-5-7-8/h3-7H,1-2H3. The quantitative estimate of drug-likeness (QED) is 0.480. The molecule has 3 heteroatoms. The zero-order valence-electron chi connectivity index (χ0n) is 7.08. The summed E-state index contributed by atoms with van der Waals surface area (Å²) >= 11 is 2.12. The van der Waals surface area contributed by atoms with Crippen LogP contribution in [0.3, 0.4) is 0 Å². The van der Waals surface area contributed by atoms with E-state index in [1.807, 2.05) is 30.3 Å². The molecule has 0 bridgehead atoms. The molecule has 0 spiro atoms. The smallest absolute Gasteiger partial charge is 0.248 e. The predicted octanol–water partition coefficient (Wildman–Crippen LogP) is 2.52. The largest absolute Gasteiger partial charge is 0.341 e. The summed E-state index contributed by atoms with van der Waals surface area (Å²) in [5.41, 5.74) is 1.01. The maximum absolute atomic E-state index is 5.24. The summed E-state index contributed by atoms with van der Waals surface area (Å²) in [5.74, 6) is 0. The van der Waals surface area contributed by atoms with Crippen molar-refractivity contribution >= 4 is 22.6 Å². The molecule has 1 rings (SSSR count). The first kappa shape index (κ1) is 9.95. The Morgan fingerprint density at radius 2 is 1.58 bits per heavy atom. The second-order valence-corrected chi connectivity index (χ2v) is 3.73. The Kier molecular flexibility index (Phi) is 3.49. The van der Waals surface area contributed by atoms with Crippen molar-refractivity contribution in [3.63, 3.8) is 0 Å².